The summed E-state index contributed by atoms with van der Waals surface area (Å²) in [5.41, 5.74) is 9.63. The van der Waals surface area contributed by atoms with E-state index in [0.29, 0.717) is 11.8 Å². The molecule has 3 aromatic heterocycles. The van der Waals surface area contributed by atoms with E-state index in [1.54, 1.807) is 0 Å². The molecular weight excluding hydrogens is 833 g/mol. The topological polar surface area (TPSA) is 25.8 Å². The zero-order valence-electron chi connectivity index (χ0n) is 30.9. The first-order valence-electron chi connectivity index (χ1n) is 18.0. The van der Waals surface area contributed by atoms with Gasteiger partial charge >= 0.3 is 0 Å². The van der Waals surface area contributed by atoms with Crippen LogP contribution in [0, 0.1) is 18.1 Å². The molecule has 0 aliphatic carbocycles. The second kappa shape index (κ2) is 17.2. The van der Waals surface area contributed by atoms with Gasteiger partial charge in [-0.1, -0.05) is 112 Å². The van der Waals surface area contributed by atoms with Crippen LogP contribution in [0.2, 0.25) is 19.6 Å². The van der Waals surface area contributed by atoms with Crippen molar-refractivity contribution in [2.24, 2.45) is 5.92 Å². The predicted octanol–water partition coefficient (Wildman–Crippen LogP) is 12.8. The molecule has 0 saturated heterocycles. The number of hydrogen-bond acceptors (Lipinski definition) is 3. The van der Waals surface area contributed by atoms with E-state index in [4.69, 9.17) is 4.98 Å². The maximum atomic E-state index is 4.72. The molecule has 0 spiro atoms. The van der Waals surface area contributed by atoms with E-state index in [1.165, 1.54) is 47.6 Å². The summed E-state index contributed by atoms with van der Waals surface area (Å²) in [4.78, 5) is 9.41. The van der Waals surface area contributed by atoms with Crippen molar-refractivity contribution in [1.82, 2.24) is 9.97 Å². The minimum Gasteiger partial charge on any atom is -0.305 e. The molecule has 0 bridgehead atoms. The molecule has 0 amide bonds. The smallest absolute Gasteiger partial charge is 0.0798 e. The number of pyridine rings is 2. The largest absolute Gasteiger partial charge is 0.305 e. The van der Waals surface area contributed by atoms with Gasteiger partial charge in [0.25, 0.3) is 0 Å². The number of hydrogen-bond donors (Lipinski definition) is 0. The first-order chi connectivity index (χ1) is 24.2. The van der Waals surface area contributed by atoms with E-state index in [1.807, 2.05) is 41.8 Å². The maximum Gasteiger partial charge on any atom is 0.0798 e. The van der Waals surface area contributed by atoms with Gasteiger partial charge in [-0.25, -0.2) is 0 Å². The van der Waals surface area contributed by atoms with Gasteiger partial charge in [-0.05, 0) is 87.1 Å². The summed E-state index contributed by atoms with van der Waals surface area (Å²) in [7, 11) is -1.34. The maximum absolute atomic E-state index is 4.72. The van der Waals surface area contributed by atoms with Crippen LogP contribution in [0.5, 0.6) is 0 Å². The zero-order valence-corrected chi connectivity index (χ0v) is 35.1. The fraction of sp³-hybridized carbons (Fsp3) is 0.261. The predicted molar refractivity (Wildman–Crippen MR) is 220 cm³/mol. The van der Waals surface area contributed by atoms with Crippen molar-refractivity contribution in [2.45, 2.75) is 72.5 Å². The summed E-state index contributed by atoms with van der Waals surface area (Å²) in [6.45, 7) is 16.3. The molecule has 0 atom stereocenters. The van der Waals surface area contributed by atoms with Crippen LogP contribution in [0.15, 0.2) is 116 Å². The van der Waals surface area contributed by atoms with Crippen LogP contribution in [0.25, 0.3) is 53.8 Å². The van der Waals surface area contributed by atoms with Crippen LogP contribution < -0.4 is 5.19 Å². The summed E-state index contributed by atoms with van der Waals surface area (Å²) in [6.07, 6.45) is 7.50. The third-order valence-electron chi connectivity index (χ3n) is 9.45. The third kappa shape index (κ3) is 9.02. The molecule has 2 nitrogen and oxygen atoms in total. The fourth-order valence-electron chi connectivity index (χ4n) is 6.82. The van der Waals surface area contributed by atoms with Gasteiger partial charge in [-0.15, -0.1) is 59.7 Å². The standard InChI is InChI=1S/C28H24NS.C18H24NSi.Ir/c1-3-19(4-2)22-15-16-29-26(18-22)24-12-8-11-23-25-17-21(20-9-6-5-7-10-20)13-14-27(25)30-28(23)24;1-14(2)11-16-12-17(15-9-7-6-8-10-15)19-13-18(16)20(3,4)5;/h5-11,13-19H,3-4H2,1-2H3;6-9,12-14H,11H2,1-5H3;/q2*-1;. The molecule has 1 radical (unpaired) electrons. The average molecular weight is 881 g/mol. The molecule has 5 heteroatoms. The molecular formula is C46H48IrN2SSi-2. The van der Waals surface area contributed by atoms with Gasteiger partial charge in [0, 0.05) is 37.2 Å². The van der Waals surface area contributed by atoms with Crippen LogP contribution in [0.1, 0.15) is 57.6 Å². The molecule has 7 rings (SSSR count). The number of thiophene rings is 1. The zero-order chi connectivity index (χ0) is 35.3. The van der Waals surface area contributed by atoms with Crippen molar-refractivity contribution in [3.63, 3.8) is 0 Å². The summed E-state index contributed by atoms with van der Waals surface area (Å²) in [6, 6.07) is 43.2. The van der Waals surface area contributed by atoms with Crippen molar-refractivity contribution >= 4 is 44.8 Å². The van der Waals surface area contributed by atoms with Crippen LogP contribution in [0.4, 0.5) is 0 Å². The summed E-state index contributed by atoms with van der Waals surface area (Å²) < 4.78 is 2.58. The first kappa shape index (κ1) is 38.5. The quantitative estimate of drug-likeness (QED) is 0.107. The van der Waals surface area contributed by atoms with Crippen LogP contribution in [-0.2, 0) is 26.5 Å². The minimum atomic E-state index is -1.34. The van der Waals surface area contributed by atoms with Crippen molar-refractivity contribution in [1.29, 1.82) is 0 Å². The number of benzene rings is 4. The SMILES string of the molecule is CC(C)Cc1cc(-c2[c-]cccc2)ncc1[Si](C)(C)C.CCC(CC)c1ccnc(-c2[c-]ccc3c2sc2ccc(-c4ccccc4)cc23)c1.[Ir]. The van der Waals surface area contributed by atoms with E-state index >= 15 is 0 Å². The Bertz CT molecular complexity index is 2180. The monoisotopic (exact) mass is 881 g/mol. The molecule has 0 unspecified atom stereocenters. The van der Waals surface area contributed by atoms with Crippen molar-refractivity contribution in [3.8, 4) is 33.6 Å². The number of rotatable bonds is 9. The van der Waals surface area contributed by atoms with Crippen LogP contribution in [-0.4, -0.2) is 18.0 Å². The van der Waals surface area contributed by atoms with E-state index < -0.39 is 8.07 Å². The van der Waals surface area contributed by atoms with Crippen molar-refractivity contribution in [2.75, 3.05) is 0 Å². The average Bonchev–Trinajstić information content (AvgIpc) is 3.51. The fourth-order valence-corrected chi connectivity index (χ4v) is 9.60. The first-order valence-corrected chi connectivity index (χ1v) is 22.3. The van der Waals surface area contributed by atoms with Gasteiger partial charge in [0.15, 0.2) is 0 Å². The molecule has 51 heavy (non-hydrogen) atoms. The third-order valence-corrected chi connectivity index (χ3v) is 12.7. The van der Waals surface area contributed by atoms with Crippen LogP contribution >= 0.6 is 11.3 Å². The van der Waals surface area contributed by atoms with E-state index in [9.17, 15) is 0 Å². The summed E-state index contributed by atoms with van der Waals surface area (Å²) in [5, 5.41) is 4.09. The van der Waals surface area contributed by atoms with E-state index in [2.05, 4.69) is 150 Å². The van der Waals surface area contributed by atoms with Crippen molar-refractivity contribution in [3.05, 3.63) is 139 Å². The summed E-state index contributed by atoms with van der Waals surface area (Å²) >= 11 is 1.84. The van der Waals surface area contributed by atoms with Gasteiger partial charge in [0.1, 0.15) is 0 Å². The van der Waals surface area contributed by atoms with Crippen LogP contribution in [0.3, 0.4) is 0 Å². The Balaban J connectivity index is 0.000000211. The molecule has 0 saturated carbocycles. The Labute approximate surface area is 323 Å². The second-order valence-corrected chi connectivity index (χ2v) is 20.7. The molecule has 0 fully saturated rings. The van der Waals surface area contributed by atoms with Gasteiger partial charge in [-0.2, -0.15) is 11.3 Å². The molecule has 0 aliphatic rings. The normalized spacial score (nSPS) is 11.5. The number of fused-ring (bicyclic) bond motifs is 3. The van der Waals surface area contributed by atoms with E-state index in [-0.39, 0.29) is 20.1 Å². The van der Waals surface area contributed by atoms with E-state index in [0.717, 1.165) is 41.8 Å². The Morgan fingerprint density at radius 1 is 0.725 bits per heavy atom. The Hall–Kier alpha value is -3.73. The Morgan fingerprint density at radius 3 is 2.18 bits per heavy atom. The molecule has 4 aromatic carbocycles. The minimum absolute atomic E-state index is 0. The Kier molecular flexibility index (Phi) is 13.0. The van der Waals surface area contributed by atoms with Gasteiger partial charge in [0.2, 0.25) is 0 Å². The van der Waals surface area contributed by atoms with Gasteiger partial charge < -0.3 is 9.97 Å². The number of nitrogens with zero attached hydrogens (tertiary/aromatic N) is 2. The molecule has 3 heterocycles. The molecule has 7 aromatic rings. The Morgan fingerprint density at radius 2 is 1.49 bits per heavy atom. The van der Waals surface area contributed by atoms with Gasteiger partial charge in [-0.3, -0.25) is 0 Å². The molecule has 263 valence electrons. The molecule has 0 N–H and O–H groups in total. The molecule has 0 aliphatic heterocycles. The number of aromatic nitrogens is 2. The van der Waals surface area contributed by atoms with Gasteiger partial charge in [0.05, 0.1) is 8.07 Å². The second-order valence-electron chi connectivity index (χ2n) is 14.6. The summed E-state index contributed by atoms with van der Waals surface area (Å²) in [5.74, 6) is 1.25. The van der Waals surface area contributed by atoms with Crippen molar-refractivity contribution < 1.29 is 20.1 Å².